The number of carbonyl (C=O) groups is 1. The van der Waals surface area contributed by atoms with Gasteiger partial charge in [0.1, 0.15) is 18.1 Å². The highest BCUT2D eigenvalue weighted by atomic mass is 16.5. The average Bonchev–Trinajstić information content (AvgIpc) is 2.29. The quantitative estimate of drug-likeness (QED) is 0.628. The van der Waals surface area contributed by atoms with Gasteiger partial charge in [0, 0.05) is 12.0 Å². The molecular weight excluding hydrogens is 240 g/mol. The summed E-state index contributed by atoms with van der Waals surface area (Å²) in [6, 6.07) is 7.38. The maximum atomic E-state index is 11.0. The van der Waals surface area contributed by atoms with Gasteiger partial charge in [-0.3, -0.25) is 4.79 Å². The molecule has 0 aromatic heterocycles. The zero-order chi connectivity index (χ0) is 14.4. The minimum Gasteiger partial charge on any atom is -0.512 e. The van der Waals surface area contributed by atoms with E-state index in [1.807, 2.05) is 31.2 Å². The van der Waals surface area contributed by atoms with Crippen LogP contribution in [0.4, 0.5) is 0 Å². The largest absolute Gasteiger partial charge is 0.512 e. The SMILES string of the molecule is C=C(C)/C(COc1ccc(CC(C)=O)cc1)=C(/C)O. The Hall–Kier alpha value is -2.03. The van der Waals surface area contributed by atoms with Gasteiger partial charge in [-0.2, -0.15) is 0 Å². The first kappa shape index (κ1) is 15.0. The third kappa shape index (κ3) is 5.00. The van der Waals surface area contributed by atoms with Crippen LogP contribution < -0.4 is 4.74 Å². The summed E-state index contributed by atoms with van der Waals surface area (Å²) in [5.41, 5.74) is 2.45. The van der Waals surface area contributed by atoms with Gasteiger partial charge >= 0.3 is 0 Å². The molecule has 0 heterocycles. The number of ether oxygens (including phenoxy) is 1. The first-order chi connectivity index (χ1) is 8.90. The lowest BCUT2D eigenvalue weighted by Crippen LogP contribution is -2.04. The molecule has 0 aliphatic carbocycles. The topological polar surface area (TPSA) is 46.5 Å². The van der Waals surface area contributed by atoms with Crippen LogP contribution in [0.2, 0.25) is 0 Å². The number of hydrogen-bond donors (Lipinski definition) is 1. The molecule has 0 aliphatic rings. The van der Waals surface area contributed by atoms with Crippen molar-refractivity contribution < 1.29 is 14.6 Å². The fraction of sp³-hybridized carbons (Fsp3) is 0.312. The van der Waals surface area contributed by atoms with Gasteiger partial charge in [-0.1, -0.05) is 18.7 Å². The highest BCUT2D eigenvalue weighted by Crippen LogP contribution is 2.17. The van der Waals surface area contributed by atoms with Crippen molar-refractivity contribution in [2.45, 2.75) is 27.2 Å². The lowest BCUT2D eigenvalue weighted by molar-refractivity contribution is -0.116. The second kappa shape index (κ2) is 6.78. The van der Waals surface area contributed by atoms with Gasteiger partial charge in [0.2, 0.25) is 0 Å². The van der Waals surface area contributed by atoms with Crippen molar-refractivity contribution in [3.8, 4) is 5.75 Å². The zero-order valence-electron chi connectivity index (χ0n) is 11.7. The molecule has 0 saturated heterocycles. The Labute approximate surface area is 114 Å². The predicted octanol–water partition coefficient (Wildman–Crippen LogP) is 3.61. The third-order valence-electron chi connectivity index (χ3n) is 2.71. The summed E-state index contributed by atoms with van der Waals surface area (Å²) in [6.45, 7) is 9.09. The molecule has 3 heteroatoms. The monoisotopic (exact) mass is 260 g/mol. The molecule has 1 N–H and O–H groups in total. The van der Waals surface area contributed by atoms with Crippen molar-refractivity contribution in [3.05, 3.63) is 53.3 Å². The lowest BCUT2D eigenvalue weighted by atomic mass is 10.1. The van der Waals surface area contributed by atoms with Crippen LogP contribution in [0.15, 0.2) is 47.7 Å². The number of allylic oxidation sites excluding steroid dienone is 1. The molecule has 3 nitrogen and oxygen atoms in total. The molecule has 1 aromatic rings. The first-order valence-electron chi connectivity index (χ1n) is 6.16. The van der Waals surface area contributed by atoms with Crippen LogP contribution in [-0.4, -0.2) is 17.5 Å². The summed E-state index contributed by atoms with van der Waals surface area (Å²) in [7, 11) is 0. The average molecular weight is 260 g/mol. The Morgan fingerprint density at radius 1 is 1.21 bits per heavy atom. The predicted molar refractivity (Wildman–Crippen MR) is 76.5 cm³/mol. The zero-order valence-corrected chi connectivity index (χ0v) is 11.7. The Morgan fingerprint density at radius 2 is 1.79 bits per heavy atom. The summed E-state index contributed by atoms with van der Waals surface area (Å²) in [4.78, 5) is 11.0. The minimum absolute atomic E-state index is 0.136. The molecule has 0 unspecified atom stereocenters. The van der Waals surface area contributed by atoms with E-state index in [2.05, 4.69) is 6.58 Å². The fourth-order valence-corrected chi connectivity index (χ4v) is 1.68. The van der Waals surface area contributed by atoms with Crippen molar-refractivity contribution in [2.24, 2.45) is 0 Å². The van der Waals surface area contributed by atoms with Gasteiger partial charge in [-0.15, -0.1) is 0 Å². The number of aliphatic hydroxyl groups is 1. The van der Waals surface area contributed by atoms with E-state index < -0.39 is 0 Å². The van der Waals surface area contributed by atoms with E-state index in [-0.39, 0.29) is 18.1 Å². The minimum atomic E-state index is 0.136. The van der Waals surface area contributed by atoms with E-state index in [4.69, 9.17) is 4.74 Å². The number of benzene rings is 1. The second-order valence-electron chi connectivity index (χ2n) is 4.66. The number of ketones is 1. The van der Waals surface area contributed by atoms with Gasteiger partial charge in [0.25, 0.3) is 0 Å². The molecule has 1 aromatic carbocycles. The van der Waals surface area contributed by atoms with Gasteiger partial charge in [-0.25, -0.2) is 0 Å². The van der Waals surface area contributed by atoms with Crippen LogP contribution in [0.3, 0.4) is 0 Å². The van der Waals surface area contributed by atoms with E-state index in [0.717, 1.165) is 11.1 Å². The molecule has 0 saturated carbocycles. The highest BCUT2D eigenvalue weighted by Gasteiger charge is 2.05. The van der Waals surface area contributed by atoms with Crippen LogP contribution in [0.25, 0.3) is 0 Å². The fourth-order valence-electron chi connectivity index (χ4n) is 1.68. The maximum Gasteiger partial charge on any atom is 0.134 e. The summed E-state index contributed by atoms with van der Waals surface area (Å²) in [5.74, 6) is 1.06. The third-order valence-corrected chi connectivity index (χ3v) is 2.71. The van der Waals surface area contributed by atoms with Gasteiger partial charge in [-0.05, 0) is 44.0 Å². The maximum absolute atomic E-state index is 11.0. The Bertz CT molecular complexity index is 491. The van der Waals surface area contributed by atoms with Crippen LogP contribution in [0, 0.1) is 0 Å². The van der Waals surface area contributed by atoms with Crippen LogP contribution in [0.5, 0.6) is 5.75 Å². The van der Waals surface area contributed by atoms with Crippen molar-refractivity contribution in [1.29, 1.82) is 0 Å². The van der Waals surface area contributed by atoms with Crippen molar-refractivity contribution in [1.82, 2.24) is 0 Å². The number of carbonyl (C=O) groups excluding carboxylic acids is 1. The molecule has 0 atom stereocenters. The smallest absolute Gasteiger partial charge is 0.134 e. The molecule has 0 bridgehead atoms. The Balaban J connectivity index is 2.66. The molecule has 0 fully saturated rings. The lowest BCUT2D eigenvalue weighted by Gasteiger charge is -2.11. The van der Waals surface area contributed by atoms with Crippen LogP contribution in [-0.2, 0) is 11.2 Å². The van der Waals surface area contributed by atoms with E-state index in [1.54, 1.807) is 13.8 Å². The second-order valence-corrected chi connectivity index (χ2v) is 4.66. The molecule has 0 radical (unpaired) electrons. The standard InChI is InChI=1S/C16H20O3/c1-11(2)16(13(4)18)10-19-15-7-5-14(6-8-15)9-12(3)17/h5-8,18H,1,9-10H2,2-4H3/b16-13-. The summed E-state index contributed by atoms with van der Waals surface area (Å²) < 4.78 is 5.59. The number of rotatable bonds is 6. The van der Waals surface area contributed by atoms with E-state index >= 15 is 0 Å². The molecule has 19 heavy (non-hydrogen) atoms. The summed E-state index contributed by atoms with van der Waals surface area (Å²) in [5, 5.41) is 9.51. The van der Waals surface area contributed by atoms with Crippen molar-refractivity contribution >= 4 is 5.78 Å². The highest BCUT2D eigenvalue weighted by molar-refractivity contribution is 5.78. The van der Waals surface area contributed by atoms with Crippen molar-refractivity contribution in [2.75, 3.05) is 6.61 Å². The van der Waals surface area contributed by atoms with Gasteiger partial charge in [0.15, 0.2) is 0 Å². The van der Waals surface area contributed by atoms with E-state index in [0.29, 0.717) is 17.7 Å². The van der Waals surface area contributed by atoms with Gasteiger partial charge in [0.05, 0.1) is 5.76 Å². The molecule has 0 amide bonds. The van der Waals surface area contributed by atoms with Crippen LogP contribution >= 0.6 is 0 Å². The molecule has 1 rings (SSSR count). The van der Waals surface area contributed by atoms with Crippen LogP contribution in [0.1, 0.15) is 26.3 Å². The number of Topliss-reactive ketones (excluding diaryl/α,β-unsaturated/α-hetero) is 1. The molecule has 0 spiro atoms. The molecule has 102 valence electrons. The summed E-state index contributed by atoms with van der Waals surface area (Å²) >= 11 is 0. The number of aliphatic hydroxyl groups excluding tert-OH is 1. The Morgan fingerprint density at radius 3 is 2.21 bits per heavy atom. The molecular formula is C16H20O3. The van der Waals surface area contributed by atoms with E-state index in [9.17, 15) is 9.90 Å². The van der Waals surface area contributed by atoms with Crippen molar-refractivity contribution in [3.63, 3.8) is 0 Å². The first-order valence-corrected chi connectivity index (χ1v) is 6.16. The molecule has 0 aliphatic heterocycles. The van der Waals surface area contributed by atoms with E-state index in [1.165, 1.54) is 0 Å². The number of hydrogen-bond acceptors (Lipinski definition) is 3. The normalized spacial score (nSPS) is 11.7. The Kier molecular flexibility index (Phi) is 5.37. The summed E-state index contributed by atoms with van der Waals surface area (Å²) in [6.07, 6.45) is 0.437. The van der Waals surface area contributed by atoms with Gasteiger partial charge < -0.3 is 9.84 Å².